The molecule has 0 saturated heterocycles. The molecule has 0 aliphatic heterocycles. The summed E-state index contributed by atoms with van der Waals surface area (Å²) in [4.78, 5) is 12.2. The van der Waals surface area contributed by atoms with Gasteiger partial charge in [-0.05, 0) is 5.41 Å². The van der Waals surface area contributed by atoms with E-state index >= 15 is 0 Å². The van der Waals surface area contributed by atoms with Crippen molar-refractivity contribution in [3.63, 3.8) is 0 Å². The molecule has 6 nitrogen and oxygen atoms in total. The monoisotopic (exact) mass is 296 g/mol. The molecule has 0 bridgehead atoms. The molecule has 0 aliphatic rings. The Hall–Kier alpha value is -1.95. The molecule has 0 saturated carbocycles. The Morgan fingerprint density at radius 3 is 1.90 bits per heavy atom. The summed E-state index contributed by atoms with van der Waals surface area (Å²) in [6.45, 7) is 5.73. The molecule has 0 heterocycles. The fourth-order valence-electron chi connectivity index (χ4n) is 1.77. The molecule has 0 fully saturated rings. The molecule has 3 N–H and O–H groups in total. The molecule has 1 aromatic carbocycles. The zero-order valence-corrected chi connectivity index (χ0v) is 13.4. The van der Waals surface area contributed by atoms with Crippen LogP contribution in [0.15, 0.2) is 12.1 Å². The highest BCUT2D eigenvalue weighted by molar-refractivity contribution is 5.95. The van der Waals surface area contributed by atoms with Crippen LogP contribution in [0, 0.1) is 5.41 Å². The second-order valence-corrected chi connectivity index (χ2v) is 5.75. The number of nitrogens with two attached hydrogens (primary N) is 1. The van der Waals surface area contributed by atoms with E-state index in [-0.39, 0.29) is 11.3 Å². The molecule has 1 rings (SSSR count). The van der Waals surface area contributed by atoms with Gasteiger partial charge in [0.1, 0.15) is 0 Å². The molecule has 0 aliphatic carbocycles. The molecular weight excluding hydrogens is 272 g/mol. The van der Waals surface area contributed by atoms with Gasteiger partial charge < -0.3 is 25.3 Å². The number of hydrogen-bond donors (Lipinski definition) is 2. The maximum Gasteiger partial charge on any atom is 0.241 e. The Kier molecular flexibility index (Phi) is 5.43. The van der Waals surface area contributed by atoms with Crippen LogP contribution in [0.2, 0.25) is 0 Å². The highest BCUT2D eigenvalue weighted by Crippen LogP contribution is 2.40. The maximum atomic E-state index is 12.2. The van der Waals surface area contributed by atoms with Crippen molar-refractivity contribution in [3.8, 4) is 17.2 Å². The Morgan fingerprint density at radius 1 is 1.10 bits per heavy atom. The molecule has 0 unspecified atom stereocenters. The summed E-state index contributed by atoms with van der Waals surface area (Å²) in [5.41, 5.74) is 6.15. The zero-order chi connectivity index (χ0) is 16.2. The minimum atomic E-state index is -0.628. The number of nitrogens with one attached hydrogen (secondary N) is 1. The van der Waals surface area contributed by atoms with Crippen molar-refractivity contribution in [2.45, 2.75) is 26.8 Å². The van der Waals surface area contributed by atoms with Gasteiger partial charge in [-0.25, -0.2) is 0 Å². The first-order valence-corrected chi connectivity index (χ1v) is 6.61. The third-order valence-electron chi connectivity index (χ3n) is 3.15. The van der Waals surface area contributed by atoms with E-state index in [2.05, 4.69) is 5.32 Å². The van der Waals surface area contributed by atoms with Gasteiger partial charge in [0, 0.05) is 17.8 Å². The third-order valence-corrected chi connectivity index (χ3v) is 3.15. The molecule has 118 valence electrons. The standard InChI is InChI=1S/C15H24N2O4/c1-15(2,3)13(16)14(18)17-9-7-10(19-4)12(21-6)11(8-9)20-5/h7-8,13H,16H2,1-6H3,(H,17,18)/t13-/m0/s1. The Bertz CT molecular complexity index is 484. The zero-order valence-electron chi connectivity index (χ0n) is 13.4. The number of amides is 1. The van der Waals surface area contributed by atoms with Crippen LogP contribution in [-0.4, -0.2) is 33.3 Å². The van der Waals surface area contributed by atoms with Crippen LogP contribution in [0.1, 0.15) is 20.8 Å². The quantitative estimate of drug-likeness (QED) is 0.868. The Balaban J connectivity index is 3.07. The van der Waals surface area contributed by atoms with Crippen molar-refractivity contribution in [2.24, 2.45) is 11.1 Å². The van der Waals surface area contributed by atoms with Crippen molar-refractivity contribution in [2.75, 3.05) is 26.6 Å². The Labute approximate surface area is 125 Å². The highest BCUT2D eigenvalue weighted by atomic mass is 16.5. The van der Waals surface area contributed by atoms with Crippen LogP contribution in [0.3, 0.4) is 0 Å². The van der Waals surface area contributed by atoms with Gasteiger partial charge in [-0.1, -0.05) is 20.8 Å². The van der Waals surface area contributed by atoms with Crippen LogP contribution < -0.4 is 25.3 Å². The second-order valence-electron chi connectivity index (χ2n) is 5.75. The first kappa shape index (κ1) is 17.1. The van der Waals surface area contributed by atoms with Gasteiger partial charge in [0.25, 0.3) is 0 Å². The minimum absolute atomic E-state index is 0.267. The summed E-state index contributed by atoms with van der Waals surface area (Å²) in [7, 11) is 4.56. The van der Waals surface area contributed by atoms with E-state index in [4.69, 9.17) is 19.9 Å². The lowest BCUT2D eigenvalue weighted by atomic mass is 9.87. The second kappa shape index (κ2) is 6.67. The lowest BCUT2D eigenvalue weighted by Gasteiger charge is -2.26. The number of anilines is 1. The maximum absolute atomic E-state index is 12.2. The van der Waals surface area contributed by atoms with Crippen molar-refractivity contribution in [1.29, 1.82) is 0 Å². The van der Waals surface area contributed by atoms with E-state index in [0.717, 1.165) is 0 Å². The molecule has 1 aromatic rings. The van der Waals surface area contributed by atoms with Crippen LogP contribution in [0.4, 0.5) is 5.69 Å². The van der Waals surface area contributed by atoms with E-state index < -0.39 is 6.04 Å². The first-order valence-electron chi connectivity index (χ1n) is 6.61. The van der Waals surface area contributed by atoms with Gasteiger partial charge in [0.2, 0.25) is 11.7 Å². The summed E-state index contributed by atoms with van der Waals surface area (Å²) in [5.74, 6) is 1.14. The van der Waals surface area contributed by atoms with E-state index in [1.54, 1.807) is 12.1 Å². The summed E-state index contributed by atoms with van der Waals surface area (Å²) < 4.78 is 15.7. The van der Waals surface area contributed by atoms with Crippen LogP contribution in [0.25, 0.3) is 0 Å². The smallest absolute Gasteiger partial charge is 0.241 e. The molecule has 1 atom stereocenters. The summed E-state index contributed by atoms with van der Waals surface area (Å²) in [6, 6.07) is 2.69. The SMILES string of the molecule is COc1cc(NC(=O)[C@H](N)C(C)(C)C)cc(OC)c1OC. The van der Waals surface area contributed by atoms with Gasteiger partial charge >= 0.3 is 0 Å². The number of rotatable bonds is 5. The largest absolute Gasteiger partial charge is 0.493 e. The molecule has 6 heteroatoms. The predicted molar refractivity (Wildman–Crippen MR) is 82.2 cm³/mol. The van der Waals surface area contributed by atoms with E-state index in [1.807, 2.05) is 20.8 Å². The number of carbonyl (C=O) groups is 1. The molecule has 21 heavy (non-hydrogen) atoms. The predicted octanol–water partition coefficient (Wildman–Crippen LogP) is 2.02. The van der Waals surface area contributed by atoms with E-state index in [9.17, 15) is 4.79 Å². The summed E-state index contributed by atoms with van der Waals surface area (Å²) in [6.07, 6.45) is 0. The Morgan fingerprint density at radius 2 is 1.57 bits per heavy atom. The van der Waals surface area contributed by atoms with Crippen LogP contribution >= 0.6 is 0 Å². The van der Waals surface area contributed by atoms with Gasteiger partial charge in [-0.15, -0.1) is 0 Å². The molecule has 1 amide bonds. The van der Waals surface area contributed by atoms with E-state index in [0.29, 0.717) is 22.9 Å². The van der Waals surface area contributed by atoms with Crippen molar-refractivity contribution >= 4 is 11.6 Å². The first-order chi connectivity index (χ1) is 9.74. The lowest BCUT2D eigenvalue weighted by molar-refractivity contribution is -0.119. The highest BCUT2D eigenvalue weighted by Gasteiger charge is 2.28. The van der Waals surface area contributed by atoms with Gasteiger partial charge in [0.15, 0.2) is 11.5 Å². The van der Waals surface area contributed by atoms with Gasteiger partial charge in [0.05, 0.1) is 27.4 Å². The minimum Gasteiger partial charge on any atom is -0.493 e. The van der Waals surface area contributed by atoms with Gasteiger partial charge in [-0.3, -0.25) is 4.79 Å². The number of ether oxygens (including phenoxy) is 3. The lowest BCUT2D eigenvalue weighted by Crippen LogP contribution is -2.45. The third kappa shape index (κ3) is 4.01. The van der Waals surface area contributed by atoms with Gasteiger partial charge in [-0.2, -0.15) is 0 Å². The summed E-state index contributed by atoms with van der Waals surface area (Å²) >= 11 is 0. The fourth-order valence-corrected chi connectivity index (χ4v) is 1.77. The van der Waals surface area contributed by atoms with Crippen molar-refractivity contribution < 1.29 is 19.0 Å². The normalized spacial score (nSPS) is 12.5. The van der Waals surface area contributed by atoms with Crippen LogP contribution in [0.5, 0.6) is 17.2 Å². The summed E-state index contributed by atoms with van der Waals surface area (Å²) in [5, 5.41) is 2.77. The molecular formula is C15H24N2O4. The number of hydrogen-bond acceptors (Lipinski definition) is 5. The molecule has 0 spiro atoms. The average Bonchev–Trinajstić information content (AvgIpc) is 2.44. The number of carbonyl (C=O) groups excluding carboxylic acids is 1. The number of methoxy groups -OCH3 is 3. The number of benzene rings is 1. The molecule has 0 radical (unpaired) electrons. The molecule has 0 aromatic heterocycles. The fraction of sp³-hybridized carbons (Fsp3) is 0.533. The topological polar surface area (TPSA) is 82.8 Å². The van der Waals surface area contributed by atoms with E-state index in [1.165, 1.54) is 21.3 Å². The van der Waals surface area contributed by atoms with Crippen molar-refractivity contribution in [1.82, 2.24) is 0 Å². The van der Waals surface area contributed by atoms with Crippen molar-refractivity contribution in [3.05, 3.63) is 12.1 Å². The average molecular weight is 296 g/mol. The van der Waals surface area contributed by atoms with Crippen LogP contribution in [-0.2, 0) is 4.79 Å².